The molecule has 0 bridgehead atoms. The molecule has 4 nitrogen and oxygen atoms in total. The van der Waals surface area contributed by atoms with Gasteiger partial charge in [-0.2, -0.15) is 0 Å². The van der Waals surface area contributed by atoms with E-state index in [2.05, 4.69) is 4.98 Å². The molecule has 0 saturated heterocycles. The molecule has 0 atom stereocenters. The molecular formula is C8H6N2O2. The Morgan fingerprint density at radius 3 is 3.08 bits per heavy atom. The first-order valence-electron chi connectivity index (χ1n) is 3.44. The molecule has 0 aliphatic heterocycles. The van der Waals surface area contributed by atoms with Crippen molar-refractivity contribution in [3.8, 4) is 0 Å². The zero-order valence-corrected chi connectivity index (χ0v) is 6.14. The molecule has 0 radical (unpaired) electrons. The average Bonchev–Trinajstić information content (AvgIpc) is 2.47. The monoisotopic (exact) mass is 162 g/mol. The number of carboxylic acids is 1. The summed E-state index contributed by atoms with van der Waals surface area (Å²) in [6.45, 7) is 0. The molecule has 60 valence electrons. The van der Waals surface area contributed by atoms with E-state index in [1.54, 1.807) is 18.3 Å². The van der Waals surface area contributed by atoms with Crippen LogP contribution in [0.3, 0.4) is 0 Å². The summed E-state index contributed by atoms with van der Waals surface area (Å²) >= 11 is 0. The number of fused-ring (bicyclic) bond motifs is 1. The first-order valence-corrected chi connectivity index (χ1v) is 3.44. The molecule has 1 N–H and O–H groups in total. The zero-order chi connectivity index (χ0) is 8.55. The third-order valence-electron chi connectivity index (χ3n) is 1.63. The van der Waals surface area contributed by atoms with Gasteiger partial charge in [0.2, 0.25) is 5.82 Å². The third-order valence-corrected chi connectivity index (χ3v) is 1.63. The second-order valence-electron chi connectivity index (χ2n) is 2.38. The second kappa shape index (κ2) is 2.34. The van der Waals surface area contributed by atoms with Crippen LogP contribution in [0.2, 0.25) is 0 Å². The highest BCUT2D eigenvalue weighted by Crippen LogP contribution is 2.05. The van der Waals surface area contributed by atoms with Crippen LogP contribution in [-0.2, 0) is 0 Å². The quantitative estimate of drug-likeness (QED) is 0.681. The van der Waals surface area contributed by atoms with Crippen LogP contribution >= 0.6 is 0 Å². The summed E-state index contributed by atoms with van der Waals surface area (Å²) in [6, 6.07) is 5.41. The van der Waals surface area contributed by atoms with Crippen LogP contribution in [0.25, 0.3) is 5.52 Å². The highest BCUT2D eigenvalue weighted by atomic mass is 16.4. The summed E-state index contributed by atoms with van der Waals surface area (Å²) < 4.78 is 1.53. The van der Waals surface area contributed by atoms with Gasteiger partial charge in [0.1, 0.15) is 0 Å². The molecule has 0 amide bonds. The largest absolute Gasteiger partial charge is 0.475 e. The third kappa shape index (κ3) is 0.852. The Morgan fingerprint density at radius 2 is 2.33 bits per heavy atom. The Hall–Kier alpha value is -1.84. The van der Waals surface area contributed by atoms with E-state index in [0.29, 0.717) is 0 Å². The maximum absolute atomic E-state index is 10.6. The standard InChI is InChI=1S/C8H6N2O2/c11-8(12)7-9-5-6-3-1-2-4-10(6)7/h1-5H,(H,11,12). The Kier molecular flexibility index (Phi) is 1.33. The van der Waals surface area contributed by atoms with Crippen molar-refractivity contribution < 1.29 is 9.90 Å². The number of aromatic carboxylic acids is 1. The highest BCUT2D eigenvalue weighted by Gasteiger charge is 2.08. The lowest BCUT2D eigenvalue weighted by atomic mass is 10.4. The van der Waals surface area contributed by atoms with Crippen molar-refractivity contribution in [3.05, 3.63) is 36.4 Å². The maximum Gasteiger partial charge on any atom is 0.372 e. The number of hydrogen-bond donors (Lipinski definition) is 1. The summed E-state index contributed by atoms with van der Waals surface area (Å²) in [5.41, 5.74) is 0.787. The normalized spacial score (nSPS) is 10.3. The summed E-state index contributed by atoms with van der Waals surface area (Å²) in [4.78, 5) is 14.4. The van der Waals surface area contributed by atoms with E-state index < -0.39 is 5.97 Å². The van der Waals surface area contributed by atoms with Crippen LogP contribution in [0.1, 0.15) is 10.6 Å². The average molecular weight is 162 g/mol. The number of carbonyl (C=O) groups is 1. The molecule has 0 unspecified atom stereocenters. The van der Waals surface area contributed by atoms with Gasteiger partial charge in [-0.1, -0.05) is 6.07 Å². The number of aromatic nitrogens is 2. The fraction of sp³-hybridized carbons (Fsp3) is 0. The number of carboxylic acid groups (broad SMARTS) is 1. The molecule has 0 aromatic carbocycles. The van der Waals surface area contributed by atoms with Gasteiger partial charge in [-0.3, -0.25) is 4.40 Å². The summed E-state index contributed by atoms with van der Waals surface area (Å²) in [5, 5.41) is 8.69. The van der Waals surface area contributed by atoms with Gasteiger partial charge in [0.15, 0.2) is 0 Å². The number of imidazole rings is 1. The van der Waals surface area contributed by atoms with Gasteiger partial charge in [-0.05, 0) is 12.1 Å². The Bertz CT molecular complexity index is 433. The number of nitrogens with zero attached hydrogens (tertiary/aromatic N) is 2. The van der Waals surface area contributed by atoms with Crippen LogP contribution in [-0.4, -0.2) is 20.5 Å². The van der Waals surface area contributed by atoms with Gasteiger partial charge >= 0.3 is 5.97 Å². The highest BCUT2D eigenvalue weighted by molar-refractivity contribution is 5.84. The van der Waals surface area contributed by atoms with Crippen LogP contribution in [0, 0.1) is 0 Å². The van der Waals surface area contributed by atoms with E-state index in [-0.39, 0.29) is 5.82 Å². The Balaban J connectivity index is 2.79. The maximum atomic E-state index is 10.6. The zero-order valence-electron chi connectivity index (χ0n) is 6.14. The molecule has 0 fully saturated rings. The molecule has 0 aliphatic carbocycles. The minimum atomic E-state index is -1.01. The molecule has 0 spiro atoms. The molecule has 4 heteroatoms. The van der Waals surface area contributed by atoms with E-state index in [4.69, 9.17) is 5.11 Å². The molecule has 12 heavy (non-hydrogen) atoms. The fourth-order valence-electron chi connectivity index (χ4n) is 1.10. The first kappa shape index (κ1) is 6.84. The SMILES string of the molecule is O=C(O)c1ncc2ccccn12. The van der Waals surface area contributed by atoms with E-state index in [1.165, 1.54) is 10.6 Å². The lowest BCUT2D eigenvalue weighted by molar-refractivity contribution is 0.0683. The predicted molar refractivity (Wildman–Crippen MR) is 42.2 cm³/mol. The van der Waals surface area contributed by atoms with E-state index >= 15 is 0 Å². The molecule has 2 aromatic rings. The van der Waals surface area contributed by atoms with Crippen molar-refractivity contribution in [1.82, 2.24) is 9.38 Å². The first-order chi connectivity index (χ1) is 5.79. The van der Waals surface area contributed by atoms with Gasteiger partial charge in [0, 0.05) is 6.20 Å². The van der Waals surface area contributed by atoms with Crippen LogP contribution in [0.15, 0.2) is 30.6 Å². The molecule has 2 heterocycles. The van der Waals surface area contributed by atoms with Gasteiger partial charge in [-0.15, -0.1) is 0 Å². The van der Waals surface area contributed by atoms with E-state index in [9.17, 15) is 4.79 Å². The second-order valence-corrected chi connectivity index (χ2v) is 2.38. The van der Waals surface area contributed by atoms with Crippen LogP contribution in [0.4, 0.5) is 0 Å². The van der Waals surface area contributed by atoms with Crippen LogP contribution in [0.5, 0.6) is 0 Å². The van der Waals surface area contributed by atoms with Gasteiger partial charge in [0.25, 0.3) is 0 Å². The van der Waals surface area contributed by atoms with E-state index in [0.717, 1.165) is 5.52 Å². The molecule has 2 aromatic heterocycles. The van der Waals surface area contributed by atoms with Crippen LogP contribution < -0.4 is 0 Å². The lowest BCUT2D eigenvalue weighted by Gasteiger charge is -1.93. The van der Waals surface area contributed by atoms with Gasteiger partial charge in [0.05, 0.1) is 11.7 Å². The van der Waals surface area contributed by atoms with Gasteiger partial charge in [-0.25, -0.2) is 9.78 Å². The smallest absolute Gasteiger partial charge is 0.372 e. The van der Waals surface area contributed by atoms with Gasteiger partial charge < -0.3 is 5.11 Å². The van der Waals surface area contributed by atoms with E-state index in [1.807, 2.05) is 6.07 Å². The summed E-state index contributed by atoms with van der Waals surface area (Å²) in [6.07, 6.45) is 3.20. The minimum Gasteiger partial charge on any atom is -0.475 e. The van der Waals surface area contributed by atoms with Crippen molar-refractivity contribution in [2.45, 2.75) is 0 Å². The Labute approximate surface area is 68.1 Å². The predicted octanol–water partition coefficient (Wildman–Crippen LogP) is 1.03. The van der Waals surface area contributed by atoms with Crippen molar-refractivity contribution in [2.75, 3.05) is 0 Å². The fourth-order valence-corrected chi connectivity index (χ4v) is 1.10. The summed E-state index contributed by atoms with van der Waals surface area (Å²) in [7, 11) is 0. The van der Waals surface area contributed by atoms with Crippen molar-refractivity contribution in [2.24, 2.45) is 0 Å². The topological polar surface area (TPSA) is 54.6 Å². The molecule has 2 rings (SSSR count). The molecular weight excluding hydrogens is 156 g/mol. The van der Waals surface area contributed by atoms with Crippen molar-refractivity contribution >= 4 is 11.5 Å². The minimum absolute atomic E-state index is 0.0469. The van der Waals surface area contributed by atoms with Crippen molar-refractivity contribution in [1.29, 1.82) is 0 Å². The Morgan fingerprint density at radius 1 is 1.50 bits per heavy atom. The molecule has 0 aliphatic rings. The summed E-state index contributed by atoms with van der Waals surface area (Å²) in [5.74, 6) is -0.966. The van der Waals surface area contributed by atoms with Crippen molar-refractivity contribution in [3.63, 3.8) is 0 Å². The number of hydrogen-bond acceptors (Lipinski definition) is 2. The molecule has 0 saturated carbocycles. The number of rotatable bonds is 1. The number of pyridine rings is 1. The lowest BCUT2D eigenvalue weighted by Crippen LogP contribution is -2.02.